The van der Waals surface area contributed by atoms with Crippen molar-refractivity contribution in [2.75, 3.05) is 19.6 Å². The molecule has 6 nitrogen and oxygen atoms in total. The molecule has 1 aliphatic rings. The van der Waals surface area contributed by atoms with Crippen LogP contribution in [0, 0.1) is 6.92 Å². The number of likely N-dealkylation sites (tertiary alicyclic amines) is 1. The molecule has 0 bridgehead atoms. The van der Waals surface area contributed by atoms with Crippen molar-refractivity contribution in [3.63, 3.8) is 0 Å². The molecule has 2 aromatic rings. The van der Waals surface area contributed by atoms with E-state index in [1.807, 2.05) is 0 Å². The van der Waals surface area contributed by atoms with E-state index in [0.29, 0.717) is 35.4 Å². The van der Waals surface area contributed by atoms with Gasteiger partial charge in [-0.15, -0.1) is 0 Å². The van der Waals surface area contributed by atoms with Crippen molar-refractivity contribution in [2.45, 2.75) is 45.6 Å². The van der Waals surface area contributed by atoms with E-state index in [9.17, 15) is 4.79 Å². The summed E-state index contributed by atoms with van der Waals surface area (Å²) in [5.41, 5.74) is 1.03. The third kappa shape index (κ3) is 3.70. The summed E-state index contributed by atoms with van der Waals surface area (Å²) >= 11 is 0. The number of aromatic nitrogens is 1. The van der Waals surface area contributed by atoms with Gasteiger partial charge in [-0.25, -0.2) is 0 Å². The first-order valence-electron chi connectivity index (χ1n) is 8.69. The van der Waals surface area contributed by atoms with Crippen LogP contribution in [0.25, 0.3) is 11.5 Å². The predicted octanol–water partition coefficient (Wildman–Crippen LogP) is 3.24. The number of carbonyl (C=O) groups is 1. The van der Waals surface area contributed by atoms with E-state index in [2.05, 4.69) is 22.3 Å². The summed E-state index contributed by atoms with van der Waals surface area (Å²) in [7, 11) is 0. The number of hydrogen-bond acceptors (Lipinski definition) is 5. The van der Waals surface area contributed by atoms with Crippen molar-refractivity contribution in [1.82, 2.24) is 15.4 Å². The number of aryl methyl sites for hydroxylation is 1. The van der Waals surface area contributed by atoms with Gasteiger partial charge >= 0.3 is 0 Å². The predicted molar refractivity (Wildman–Crippen MR) is 90.8 cm³/mol. The van der Waals surface area contributed by atoms with Crippen LogP contribution in [0.2, 0.25) is 0 Å². The zero-order chi connectivity index (χ0) is 16.9. The SMILES string of the molecule is Cc1noc(-c2ccco2)c1C(=O)NCCCN1CCCC[C@@H]1C. The molecule has 0 unspecified atom stereocenters. The molecule has 1 saturated heterocycles. The largest absolute Gasteiger partial charge is 0.461 e. The number of amides is 1. The highest BCUT2D eigenvalue weighted by atomic mass is 16.5. The van der Waals surface area contributed by atoms with Crippen LogP contribution < -0.4 is 5.32 Å². The van der Waals surface area contributed by atoms with Crippen LogP contribution in [0.4, 0.5) is 0 Å². The molecule has 0 aromatic carbocycles. The van der Waals surface area contributed by atoms with Gasteiger partial charge in [0.05, 0.1) is 12.0 Å². The fourth-order valence-electron chi connectivity index (χ4n) is 3.28. The molecule has 1 atom stereocenters. The van der Waals surface area contributed by atoms with Crippen LogP contribution in [0.15, 0.2) is 27.3 Å². The third-order valence-electron chi connectivity index (χ3n) is 4.68. The lowest BCUT2D eigenvalue weighted by Crippen LogP contribution is -2.39. The number of rotatable bonds is 6. The van der Waals surface area contributed by atoms with Crippen LogP contribution in [-0.4, -0.2) is 41.6 Å². The summed E-state index contributed by atoms with van der Waals surface area (Å²) in [5.74, 6) is 0.745. The summed E-state index contributed by atoms with van der Waals surface area (Å²) in [6.45, 7) is 6.88. The Morgan fingerprint density at radius 2 is 2.33 bits per heavy atom. The Morgan fingerprint density at radius 3 is 3.08 bits per heavy atom. The number of nitrogens with one attached hydrogen (secondary N) is 1. The Hall–Kier alpha value is -2.08. The molecule has 0 aliphatic carbocycles. The van der Waals surface area contributed by atoms with Crippen molar-refractivity contribution in [3.8, 4) is 11.5 Å². The van der Waals surface area contributed by atoms with Crippen molar-refractivity contribution in [1.29, 1.82) is 0 Å². The first-order valence-corrected chi connectivity index (χ1v) is 8.69. The van der Waals surface area contributed by atoms with Crippen molar-refractivity contribution in [2.24, 2.45) is 0 Å². The second-order valence-corrected chi connectivity index (χ2v) is 6.44. The summed E-state index contributed by atoms with van der Waals surface area (Å²) < 4.78 is 10.6. The van der Waals surface area contributed by atoms with E-state index in [0.717, 1.165) is 13.0 Å². The van der Waals surface area contributed by atoms with Gasteiger partial charge in [-0.2, -0.15) is 0 Å². The number of hydrogen-bond donors (Lipinski definition) is 1. The van der Waals surface area contributed by atoms with Gasteiger partial charge in [0.2, 0.25) is 5.76 Å². The highest BCUT2D eigenvalue weighted by Gasteiger charge is 2.23. The number of piperidine rings is 1. The quantitative estimate of drug-likeness (QED) is 0.823. The lowest BCUT2D eigenvalue weighted by atomic mass is 10.0. The monoisotopic (exact) mass is 331 g/mol. The number of carbonyl (C=O) groups excluding carboxylic acids is 1. The van der Waals surface area contributed by atoms with E-state index in [1.54, 1.807) is 25.3 Å². The maximum atomic E-state index is 12.5. The van der Waals surface area contributed by atoms with Gasteiger partial charge in [0, 0.05) is 19.1 Å². The average Bonchev–Trinajstić information content (AvgIpc) is 3.22. The first kappa shape index (κ1) is 16.8. The molecule has 2 aromatic heterocycles. The van der Waals surface area contributed by atoms with Crippen LogP contribution in [0.3, 0.4) is 0 Å². The van der Waals surface area contributed by atoms with Crippen molar-refractivity contribution >= 4 is 5.91 Å². The van der Waals surface area contributed by atoms with Crippen LogP contribution >= 0.6 is 0 Å². The second kappa shape index (κ2) is 7.66. The lowest BCUT2D eigenvalue weighted by molar-refractivity contribution is 0.0948. The second-order valence-electron chi connectivity index (χ2n) is 6.44. The van der Waals surface area contributed by atoms with E-state index in [1.165, 1.54) is 25.8 Å². The van der Waals surface area contributed by atoms with Gasteiger partial charge in [-0.3, -0.25) is 4.79 Å². The van der Waals surface area contributed by atoms with Crippen LogP contribution in [0.5, 0.6) is 0 Å². The Balaban J connectivity index is 1.53. The van der Waals surface area contributed by atoms with Crippen molar-refractivity contribution in [3.05, 3.63) is 29.7 Å². The molecule has 1 aliphatic heterocycles. The molecule has 6 heteroatoms. The molecule has 0 radical (unpaired) electrons. The molecule has 130 valence electrons. The topological polar surface area (TPSA) is 71.5 Å². The van der Waals surface area contributed by atoms with E-state index in [-0.39, 0.29) is 5.91 Å². The Bertz CT molecular complexity index is 663. The van der Waals surface area contributed by atoms with Crippen molar-refractivity contribution < 1.29 is 13.7 Å². The summed E-state index contributed by atoms with van der Waals surface area (Å²) in [6, 6.07) is 4.17. The van der Waals surface area contributed by atoms with Gasteiger partial charge in [0.25, 0.3) is 5.91 Å². The van der Waals surface area contributed by atoms with Crippen LogP contribution in [-0.2, 0) is 0 Å². The summed E-state index contributed by atoms with van der Waals surface area (Å²) in [6.07, 6.45) is 6.38. The van der Waals surface area contributed by atoms with Gasteiger partial charge in [0.1, 0.15) is 5.56 Å². The fraction of sp³-hybridized carbons (Fsp3) is 0.556. The highest BCUT2D eigenvalue weighted by Crippen LogP contribution is 2.26. The minimum atomic E-state index is -0.160. The zero-order valence-electron chi connectivity index (χ0n) is 14.4. The smallest absolute Gasteiger partial charge is 0.257 e. The molecule has 24 heavy (non-hydrogen) atoms. The summed E-state index contributed by atoms with van der Waals surface area (Å²) in [4.78, 5) is 15.0. The summed E-state index contributed by atoms with van der Waals surface area (Å²) in [5, 5.41) is 6.88. The van der Waals surface area contributed by atoms with E-state index >= 15 is 0 Å². The zero-order valence-corrected chi connectivity index (χ0v) is 14.4. The van der Waals surface area contributed by atoms with Gasteiger partial charge < -0.3 is 19.2 Å². The Morgan fingerprint density at radius 1 is 1.46 bits per heavy atom. The molecule has 3 rings (SSSR count). The normalized spacial score (nSPS) is 18.7. The molecule has 0 spiro atoms. The maximum absolute atomic E-state index is 12.5. The van der Waals surface area contributed by atoms with Gasteiger partial charge in [-0.05, 0) is 51.8 Å². The third-order valence-corrected chi connectivity index (χ3v) is 4.68. The molecule has 1 fully saturated rings. The minimum Gasteiger partial charge on any atom is -0.461 e. The molecular weight excluding hydrogens is 306 g/mol. The first-order chi connectivity index (χ1) is 11.7. The Labute approximate surface area is 142 Å². The fourth-order valence-corrected chi connectivity index (χ4v) is 3.28. The molecular formula is C18H25N3O3. The van der Waals surface area contributed by atoms with Gasteiger partial charge in [0.15, 0.2) is 5.76 Å². The van der Waals surface area contributed by atoms with E-state index < -0.39 is 0 Å². The lowest BCUT2D eigenvalue weighted by Gasteiger charge is -2.33. The van der Waals surface area contributed by atoms with Gasteiger partial charge in [-0.1, -0.05) is 11.6 Å². The molecule has 0 saturated carbocycles. The van der Waals surface area contributed by atoms with Crippen LogP contribution in [0.1, 0.15) is 48.7 Å². The average molecular weight is 331 g/mol. The maximum Gasteiger partial charge on any atom is 0.257 e. The number of nitrogens with zero attached hydrogens (tertiary/aromatic N) is 2. The highest BCUT2D eigenvalue weighted by molar-refractivity contribution is 6.00. The molecule has 3 heterocycles. The molecule has 1 N–H and O–H groups in total. The van der Waals surface area contributed by atoms with E-state index in [4.69, 9.17) is 8.94 Å². The molecule has 1 amide bonds. The number of furan rings is 1. The minimum absolute atomic E-state index is 0.160. The standard InChI is InChI=1S/C18H25N3O3/c1-13-7-3-4-10-21(13)11-6-9-19-18(22)16-14(2)20-24-17(16)15-8-5-12-23-15/h5,8,12-13H,3-4,6-7,9-11H2,1-2H3,(H,19,22)/t13-/m0/s1. The Kier molecular flexibility index (Phi) is 5.35.